The van der Waals surface area contributed by atoms with Crippen molar-refractivity contribution in [2.75, 3.05) is 42.0 Å². The third-order valence-electron chi connectivity index (χ3n) is 7.72. The van der Waals surface area contributed by atoms with Gasteiger partial charge in [0.15, 0.2) is 23.0 Å². The zero-order chi connectivity index (χ0) is 27.8. The van der Waals surface area contributed by atoms with Crippen molar-refractivity contribution in [1.29, 1.82) is 0 Å². The van der Waals surface area contributed by atoms with E-state index in [0.717, 1.165) is 39.1 Å². The van der Waals surface area contributed by atoms with E-state index in [1.54, 1.807) is 28.4 Å². The Labute approximate surface area is 229 Å². The number of ketones is 1. The molecule has 4 aromatic carbocycles. The van der Waals surface area contributed by atoms with E-state index in [9.17, 15) is 4.79 Å². The topological polar surface area (TPSA) is 57.2 Å². The minimum Gasteiger partial charge on any atom is -0.493 e. The van der Waals surface area contributed by atoms with E-state index in [1.807, 2.05) is 54.4 Å². The smallest absolute Gasteiger partial charge is 0.209 e. The van der Waals surface area contributed by atoms with Crippen molar-refractivity contribution in [3.05, 3.63) is 76.5 Å². The molecule has 0 bridgehead atoms. The molecule has 0 N–H and O–H groups in total. The normalized spacial score (nSPS) is 13.2. The fraction of sp³-hybridized carbons (Fsp3) is 0.303. The van der Waals surface area contributed by atoms with Gasteiger partial charge in [-0.2, -0.15) is 0 Å². The van der Waals surface area contributed by atoms with Crippen molar-refractivity contribution in [2.45, 2.75) is 26.2 Å². The Bertz CT molecular complexity index is 1600. The molecule has 0 aliphatic carbocycles. The fourth-order valence-corrected chi connectivity index (χ4v) is 5.54. The maximum Gasteiger partial charge on any atom is 0.209 e. The highest BCUT2D eigenvalue weighted by atomic mass is 16.5. The second kappa shape index (κ2) is 10.5. The van der Waals surface area contributed by atoms with Gasteiger partial charge in [-0.3, -0.25) is 4.79 Å². The van der Waals surface area contributed by atoms with Crippen LogP contribution in [0, 0.1) is 0 Å². The number of likely N-dealkylation sites (N-methyl/N-ethyl adjacent to an activating group) is 1. The molecule has 0 spiro atoms. The minimum absolute atomic E-state index is 0.0166. The van der Waals surface area contributed by atoms with Gasteiger partial charge < -0.3 is 23.8 Å². The standard InChI is InChI=1S/C33H35NO5/c1-19(2)20-8-10-21(11-9-20)31(35)27-17-26-23(14-15-34(27)3)24-13-12-22-16-28(36-4)29(37-5)18-25(22)30(24)33(39-7)32(26)38-6/h8-13,16-19H,14-15H2,1-7H3. The van der Waals surface area contributed by atoms with E-state index in [-0.39, 0.29) is 5.78 Å². The summed E-state index contributed by atoms with van der Waals surface area (Å²) >= 11 is 0. The molecule has 6 nitrogen and oxygen atoms in total. The molecular formula is C33H35NO5. The lowest BCUT2D eigenvalue weighted by Gasteiger charge is -2.20. The Morgan fingerprint density at radius 3 is 2.10 bits per heavy atom. The molecule has 1 aliphatic heterocycles. The molecule has 5 rings (SSSR count). The SMILES string of the molecule is COc1cc2ccc3c4c(c(OC)c(OC)c3c2cc1OC)C=C(C(=O)c1ccc(C(C)C)cc1)N(C)CC4. The number of nitrogens with zero attached hydrogens (tertiary/aromatic N) is 1. The van der Waals surface area contributed by atoms with Crippen molar-refractivity contribution in [2.24, 2.45) is 0 Å². The Morgan fingerprint density at radius 2 is 1.49 bits per heavy atom. The van der Waals surface area contributed by atoms with Crippen LogP contribution in [0.2, 0.25) is 0 Å². The van der Waals surface area contributed by atoms with Crippen LogP contribution in [0.4, 0.5) is 0 Å². The molecule has 0 atom stereocenters. The predicted octanol–water partition coefficient (Wildman–Crippen LogP) is 6.86. The first-order valence-electron chi connectivity index (χ1n) is 13.2. The van der Waals surface area contributed by atoms with Crippen LogP contribution in [0.1, 0.15) is 46.8 Å². The summed E-state index contributed by atoms with van der Waals surface area (Å²) in [5.74, 6) is 2.93. The van der Waals surface area contributed by atoms with Gasteiger partial charge in [-0.1, -0.05) is 50.2 Å². The molecule has 1 heterocycles. The van der Waals surface area contributed by atoms with Gasteiger partial charge in [0.1, 0.15) is 0 Å². The molecule has 4 aromatic rings. The van der Waals surface area contributed by atoms with Crippen LogP contribution in [-0.4, -0.2) is 52.7 Å². The third kappa shape index (κ3) is 4.44. The summed E-state index contributed by atoms with van der Waals surface area (Å²) in [6.07, 6.45) is 2.70. The van der Waals surface area contributed by atoms with Crippen LogP contribution >= 0.6 is 0 Å². The quantitative estimate of drug-likeness (QED) is 0.194. The Hall–Kier alpha value is -4.19. The maximum atomic E-state index is 13.8. The Kier molecular flexibility index (Phi) is 7.13. The summed E-state index contributed by atoms with van der Waals surface area (Å²) in [7, 11) is 8.53. The van der Waals surface area contributed by atoms with E-state index in [2.05, 4.69) is 26.0 Å². The van der Waals surface area contributed by atoms with Crippen LogP contribution in [0.5, 0.6) is 23.0 Å². The number of ether oxygens (including phenoxy) is 4. The van der Waals surface area contributed by atoms with E-state index in [0.29, 0.717) is 46.7 Å². The second-order valence-corrected chi connectivity index (χ2v) is 10.2. The lowest BCUT2D eigenvalue weighted by atomic mass is 9.91. The summed E-state index contributed by atoms with van der Waals surface area (Å²) in [4.78, 5) is 15.8. The zero-order valence-corrected chi connectivity index (χ0v) is 23.7. The summed E-state index contributed by atoms with van der Waals surface area (Å²) < 4.78 is 23.2. The van der Waals surface area contributed by atoms with Gasteiger partial charge in [-0.05, 0) is 57.8 Å². The first-order chi connectivity index (χ1) is 18.8. The van der Waals surface area contributed by atoms with Crippen molar-refractivity contribution in [1.82, 2.24) is 4.90 Å². The van der Waals surface area contributed by atoms with Crippen molar-refractivity contribution in [3.63, 3.8) is 0 Å². The largest absolute Gasteiger partial charge is 0.493 e. The lowest BCUT2D eigenvalue weighted by molar-refractivity contribution is 0.100. The van der Waals surface area contributed by atoms with Crippen molar-refractivity contribution >= 4 is 33.4 Å². The van der Waals surface area contributed by atoms with E-state index in [4.69, 9.17) is 18.9 Å². The lowest BCUT2D eigenvalue weighted by Crippen LogP contribution is -2.24. The number of benzene rings is 4. The highest BCUT2D eigenvalue weighted by Crippen LogP contribution is 2.48. The summed E-state index contributed by atoms with van der Waals surface area (Å²) in [6.45, 7) is 4.98. The van der Waals surface area contributed by atoms with Gasteiger partial charge in [0.05, 0.1) is 34.1 Å². The maximum absolute atomic E-state index is 13.8. The first-order valence-corrected chi connectivity index (χ1v) is 13.2. The van der Waals surface area contributed by atoms with Gasteiger partial charge in [-0.15, -0.1) is 0 Å². The molecule has 1 aliphatic rings. The van der Waals surface area contributed by atoms with Crippen LogP contribution in [0.25, 0.3) is 27.6 Å². The summed E-state index contributed by atoms with van der Waals surface area (Å²) in [5, 5.41) is 3.98. The first kappa shape index (κ1) is 26.4. The van der Waals surface area contributed by atoms with E-state index < -0.39 is 0 Å². The number of rotatable bonds is 7. The molecule has 0 fully saturated rings. The minimum atomic E-state index is -0.0166. The molecular weight excluding hydrogens is 490 g/mol. The molecule has 0 saturated carbocycles. The van der Waals surface area contributed by atoms with Gasteiger partial charge in [-0.25, -0.2) is 0 Å². The number of carbonyl (C=O) groups excluding carboxylic acids is 1. The Morgan fingerprint density at radius 1 is 0.821 bits per heavy atom. The van der Waals surface area contributed by atoms with Gasteiger partial charge in [0.25, 0.3) is 0 Å². The fourth-order valence-electron chi connectivity index (χ4n) is 5.54. The Balaban J connectivity index is 1.76. The number of hydrogen-bond donors (Lipinski definition) is 0. The van der Waals surface area contributed by atoms with E-state index in [1.165, 1.54) is 5.56 Å². The summed E-state index contributed by atoms with van der Waals surface area (Å²) in [6, 6.07) is 16.1. The number of allylic oxidation sites excluding steroid dienone is 1. The number of fused-ring (bicyclic) bond motifs is 5. The highest BCUT2D eigenvalue weighted by Gasteiger charge is 2.27. The van der Waals surface area contributed by atoms with Crippen LogP contribution in [0.15, 0.2) is 54.2 Å². The van der Waals surface area contributed by atoms with Crippen molar-refractivity contribution < 1.29 is 23.7 Å². The van der Waals surface area contributed by atoms with Crippen LogP contribution in [-0.2, 0) is 6.42 Å². The third-order valence-corrected chi connectivity index (χ3v) is 7.72. The van der Waals surface area contributed by atoms with Crippen molar-refractivity contribution in [3.8, 4) is 23.0 Å². The monoisotopic (exact) mass is 525 g/mol. The molecule has 202 valence electrons. The zero-order valence-electron chi connectivity index (χ0n) is 23.7. The molecule has 39 heavy (non-hydrogen) atoms. The number of carbonyl (C=O) groups is 1. The van der Waals surface area contributed by atoms with Gasteiger partial charge in [0, 0.05) is 30.1 Å². The highest BCUT2D eigenvalue weighted by molar-refractivity contribution is 6.16. The average Bonchev–Trinajstić information content (AvgIpc) is 3.13. The average molecular weight is 526 g/mol. The molecule has 0 amide bonds. The van der Waals surface area contributed by atoms with E-state index >= 15 is 0 Å². The van der Waals surface area contributed by atoms with Gasteiger partial charge >= 0.3 is 0 Å². The van der Waals surface area contributed by atoms with Crippen LogP contribution in [0.3, 0.4) is 0 Å². The predicted molar refractivity (Wildman–Crippen MR) is 157 cm³/mol. The number of methoxy groups -OCH3 is 4. The molecule has 0 aromatic heterocycles. The summed E-state index contributed by atoms with van der Waals surface area (Å²) in [5.41, 5.74) is 4.48. The number of Topliss-reactive ketones (excluding diaryl/α,β-unsaturated/α-hetero) is 1. The van der Waals surface area contributed by atoms with Crippen LogP contribution < -0.4 is 18.9 Å². The molecule has 0 saturated heterocycles. The molecule has 0 unspecified atom stereocenters. The second-order valence-electron chi connectivity index (χ2n) is 10.2. The molecule has 6 heteroatoms. The molecule has 0 radical (unpaired) electrons. The van der Waals surface area contributed by atoms with Gasteiger partial charge in [0.2, 0.25) is 5.78 Å². The number of hydrogen-bond acceptors (Lipinski definition) is 6.